The second kappa shape index (κ2) is 6.81. The van der Waals surface area contributed by atoms with E-state index < -0.39 is 9.84 Å². The molecule has 24 heavy (non-hydrogen) atoms. The number of hydrogen-bond donors (Lipinski definition) is 0. The number of rotatable bonds is 5. The minimum atomic E-state index is -3.07. The zero-order chi connectivity index (χ0) is 17.2. The summed E-state index contributed by atoms with van der Waals surface area (Å²) < 4.78 is 28.9. The van der Waals surface area contributed by atoms with Gasteiger partial charge in [0, 0.05) is 12.6 Å². The van der Waals surface area contributed by atoms with Gasteiger partial charge in [0.15, 0.2) is 15.6 Å². The van der Waals surface area contributed by atoms with Crippen LogP contribution in [0.15, 0.2) is 47.1 Å². The Balaban J connectivity index is 1.85. The summed E-state index contributed by atoms with van der Waals surface area (Å²) in [7, 11) is -3.07. The molecule has 6 heteroatoms. The molecule has 0 unspecified atom stereocenters. The molecular formula is C18H21NO4S. The Kier molecular flexibility index (Phi) is 4.76. The van der Waals surface area contributed by atoms with Crippen molar-refractivity contribution in [3.63, 3.8) is 0 Å². The average Bonchev–Trinajstić information content (AvgIpc) is 3.22. The van der Waals surface area contributed by atoms with Crippen LogP contribution in [0.5, 0.6) is 0 Å². The van der Waals surface area contributed by atoms with E-state index >= 15 is 0 Å². The smallest absolute Gasteiger partial charge is 0.290 e. The maximum absolute atomic E-state index is 12.8. The number of carbonyl (C=O) groups excluding carboxylic acids is 1. The third-order valence-corrected chi connectivity index (χ3v) is 6.18. The molecule has 3 rings (SSSR count). The van der Waals surface area contributed by atoms with E-state index in [1.165, 1.54) is 11.8 Å². The molecule has 0 aliphatic carbocycles. The highest BCUT2D eigenvalue weighted by Crippen LogP contribution is 2.22. The van der Waals surface area contributed by atoms with Gasteiger partial charge in [0.25, 0.3) is 5.91 Å². The van der Waals surface area contributed by atoms with E-state index in [2.05, 4.69) is 6.92 Å². The standard InChI is InChI=1S/C18H21NO4S/c1-2-14-5-7-15(8-6-14)12-19(16-9-11-24(21,22)13-16)18(20)17-4-3-10-23-17/h3-8,10,16H,2,9,11-13H2,1H3/t16-/m0/s1. The summed E-state index contributed by atoms with van der Waals surface area (Å²) in [6.45, 7) is 2.47. The maximum Gasteiger partial charge on any atom is 0.290 e. The largest absolute Gasteiger partial charge is 0.459 e. The molecule has 0 spiro atoms. The molecular weight excluding hydrogens is 326 g/mol. The van der Waals surface area contributed by atoms with Crippen molar-refractivity contribution in [1.82, 2.24) is 4.90 Å². The summed E-state index contributed by atoms with van der Waals surface area (Å²) in [6, 6.07) is 11.0. The van der Waals surface area contributed by atoms with Gasteiger partial charge < -0.3 is 9.32 Å². The number of benzene rings is 1. The molecule has 1 aromatic carbocycles. The number of amides is 1. The Bertz CT molecular complexity index is 794. The third-order valence-electron chi connectivity index (χ3n) is 4.43. The topological polar surface area (TPSA) is 67.6 Å². The average molecular weight is 347 g/mol. The monoisotopic (exact) mass is 347 g/mol. The van der Waals surface area contributed by atoms with Gasteiger partial charge in [0.1, 0.15) is 0 Å². The van der Waals surface area contributed by atoms with Crippen LogP contribution >= 0.6 is 0 Å². The van der Waals surface area contributed by atoms with E-state index in [1.54, 1.807) is 17.0 Å². The number of sulfone groups is 1. The van der Waals surface area contributed by atoms with Gasteiger partial charge in [-0.15, -0.1) is 0 Å². The van der Waals surface area contributed by atoms with Gasteiger partial charge >= 0.3 is 0 Å². The first-order valence-electron chi connectivity index (χ1n) is 8.11. The molecule has 1 saturated heterocycles. The molecule has 0 saturated carbocycles. The van der Waals surface area contributed by atoms with Crippen LogP contribution in [-0.2, 0) is 22.8 Å². The first kappa shape index (κ1) is 16.8. The second-order valence-corrected chi connectivity index (χ2v) is 8.37. The molecule has 5 nitrogen and oxygen atoms in total. The molecule has 1 fully saturated rings. The normalized spacial score (nSPS) is 19.3. The van der Waals surface area contributed by atoms with Gasteiger partial charge in [-0.1, -0.05) is 31.2 Å². The third kappa shape index (κ3) is 3.70. The van der Waals surface area contributed by atoms with Crippen molar-refractivity contribution in [1.29, 1.82) is 0 Å². The Labute approximate surface area is 142 Å². The summed E-state index contributed by atoms with van der Waals surface area (Å²) in [5, 5.41) is 0. The van der Waals surface area contributed by atoms with Crippen molar-refractivity contribution in [3.05, 3.63) is 59.5 Å². The highest BCUT2D eigenvalue weighted by atomic mass is 32.2. The summed E-state index contributed by atoms with van der Waals surface area (Å²) in [4.78, 5) is 14.4. The van der Waals surface area contributed by atoms with Crippen molar-refractivity contribution in [2.75, 3.05) is 11.5 Å². The molecule has 1 aliphatic rings. The summed E-state index contributed by atoms with van der Waals surface area (Å²) >= 11 is 0. The predicted molar refractivity (Wildman–Crippen MR) is 91.5 cm³/mol. The van der Waals surface area contributed by atoms with Crippen molar-refractivity contribution in [2.45, 2.75) is 32.4 Å². The Morgan fingerprint density at radius 3 is 2.46 bits per heavy atom. The summed E-state index contributed by atoms with van der Waals surface area (Å²) in [5.74, 6) is 0.132. The van der Waals surface area contributed by atoms with Crippen molar-refractivity contribution >= 4 is 15.7 Å². The zero-order valence-corrected chi connectivity index (χ0v) is 14.5. The molecule has 2 aromatic rings. The number of nitrogens with zero attached hydrogens (tertiary/aromatic N) is 1. The fourth-order valence-electron chi connectivity index (χ4n) is 3.01. The first-order chi connectivity index (χ1) is 11.5. The van der Waals surface area contributed by atoms with Crippen molar-refractivity contribution in [2.24, 2.45) is 0 Å². The van der Waals surface area contributed by atoms with Gasteiger partial charge in [-0.05, 0) is 36.1 Å². The Morgan fingerprint density at radius 1 is 1.21 bits per heavy atom. The van der Waals surface area contributed by atoms with Crippen molar-refractivity contribution < 1.29 is 17.6 Å². The van der Waals surface area contributed by atoms with E-state index in [0.717, 1.165) is 12.0 Å². The van der Waals surface area contributed by atoms with Crippen LogP contribution in [-0.4, -0.2) is 36.8 Å². The van der Waals surface area contributed by atoms with Gasteiger partial charge in [-0.3, -0.25) is 4.79 Å². The molecule has 0 N–H and O–H groups in total. The second-order valence-electron chi connectivity index (χ2n) is 6.14. The van der Waals surface area contributed by atoms with E-state index in [4.69, 9.17) is 4.42 Å². The molecule has 1 aromatic heterocycles. The Hall–Kier alpha value is -2.08. The SMILES string of the molecule is CCc1ccc(CN(C(=O)c2ccco2)[C@H]2CCS(=O)(=O)C2)cc1. The number of furan rings is 1. The molecule has 0 bridgehead atoms. The van der Waals surface area contributed by atoms with Gasteiger partial charge in [0.2, 0.25) is 0 Å². The number of hydrogen-bond acceptors (Lipinski definition) is 4. The van der Waals surface area contributed by atoms with Crippen LogP contribution in [0.1, 0.15) is 35.0 Å². The number of carbonyl (C=O) groups is 1. The lowest BCUT2D eigenvalue weighted by Gasteiger charge is -2.27. The van der Waals surface area contributed by atoms with Crippen LogP contribution in [0.4, 0.5) is 0 Å². The summed E-state index contributed by atoms with van der Waals surface area (Å²) in [5.41, 5.74) is 2.21. The molecule has 1 aliphatic heterocycles. The highest BCUT2D eigenvalue weighted by Gasteiger charge is 2.35. The lowest BCUT2D eigenvalue weighted by atomic mass is 10.1. The van der Waals surface area contributed by atoms with Crippen LogP contribution in [0, 0.1) is 0 Å². The van der Waals surface area contributed by atoms with Crippen LogP contribution in [0.2, 0.25) is 0 Å². The van der Waals surface area contributed by atoms with Crippen LogP contribution < -0.4 is 0 Å². The molecule has 1 atom stereocenters. The van der Waals surface area contributed by atoms with E-state index in [9.17, 15) is 13.2 Å². The lowest BCUT2D eigenvalue weighted by Crippen LogP contribution is -2.40. The van der Waals surface area contributed by atoms with Crippen molar-refractivity contribution in [3.8, 4) is 0 Å². The van der Waals surface area contributed by atoms with Gasteiger partial charge in [0.05, 0.1) is 17.8 Å². The molecule has 1 amide bonds. The van der Waals surface area contributed by atoms with Crippen LogP contribution in [0.25, 0.3) is 0 Å². The highest BCUT2D eigenvalue weighted by molar-refractivity contribution is 7.91. The fraction of sp³-hybridized carbons (Fsp3) is 0.389. The predicted octanol–water partition coefficient (Wildman–Crippen LogP) is 2.67. The molecule has 128 valence electrons. The maximum atomic E-state index is 12.8. The summed E-state index contributed by atoms with van der Waals surface area (Å²) in [6.07, 6.45) is 2.88. The van der Waals surface area contributed by atoms with Crippen LogP contribution in [0.3, 0.4) is 0 Å². The van der Waals surface area contributed by atoms with E-state index in [0.29, 0.717) is 13.0 Å². The number of aryl methyl sites for hydroxylation is 1. The minimum absolute atomic E-state index is 0.0203. The first-order valence-corrected chi connectivity index (χ1v) is 9.93. The van der Waals surface area contributed by atoms with Gasteiger partial charge in [-0.25, -0.2) is 8.42 Å². The fourth-order valence-corrected chi connectivity index (χ4v) is 4.74. The van der Waals surface area contributed by atoms with E-state index in [-0.39, 0.29) is 29.2 Å². The molecule has 0 radical (unpaired) electrons. The van der Waals surface area contributed by atoms with E-state index in [1.807, 2.05) is 24.3 Å². The minimum Gasteiger partial charge on any atom is -0.459 e. The molecule has 2 heterocycles. The quantitative estimate of drug-likeness (QED) is 0.834. The zero-order valence-electron chi connectivity index (χ0n) is 13.6. The van der Waals surface area contributed by atoms with Gasteiger partial charge in [-0.2, -0.15) is 0 Å². The lowest BCUT2D eigenvalue weighted by molar-refractivity contribution is 0.0648. The Morgan fingerprint density at radius 2 is 1.92 bits per heavy atom.